The van der Waals surface area contributed by atoms with E-state index in [2.05, 4.69) is 29.0 Å². The van der Waals surface area contributed by atoms with Crippen molar-refractivity contribution in [2.24, 2.45) is 0 Å². The lowest BCUT2D eigenvalue weighted by Crippen LogP contribution is -2.44. The number of amides is 1. The molecule has 2 unspecified atom stereocenters. The molecule has 2 atom stereocenters. The Morgan fingerprint density at radius 2 is 2.07 bits per heavy atom. The van der Waals surface area contributed by atoms with E-state index in [9.17, 15) is 4.79 Å². The maximum Gasteiger partial charge on any atom is 0.250 e. The molecular weight excluding hydrogens is 426 g/mol. The minimum atomic E-state index is -0.268. The lowest BCUT2D eigenvalue weighted by molar-refractivity contribution is -0.111. The van der Waals surface area contributed by atoms with E-state index in [1.54, 1.807) is 18.2 Å². The zero-order valence-electron chi connectivity index (χ0n) is 17.5. The fourth-order valence-electron chi connectivity index (χ4n) is 3.43. The Bertz CT molecular complexity index is 908. The third-order valence-electron chi connectivity index (χ3n) is 4.55. The minimum absolute atomic E-state index is 0.210. The number of hydrogen-bond donors (Lipinski definition) is 1. The zero-order valence-corrected chi connectivity index (χ0v) is 19.0. The molecule has 0 bridgehead atoms. The number of ether oxygens (including phenoxy) is 3. The van der Waals surface area contributed by atoms with E-state index in [1.807, 2.05) is 5.38 Å². The van der Waals surface area contributed by atoms with Crippen LogP contribution in [0.15, 0.2) is 23.6 Å². The highest BCUT2D eigenvalue weighted by molar-refractivity contribution is 7.13. The summed E-state index contributed by atoms with van der Waals surface area (Å²) in [6, 6.07) is 3.46. The fraction of sp³-hybridized carbons (Fsp3) is 0.429. The first kappa shape index (κ1) is 22.6. The van der Waals surface area contributed by atoms with Crippen LogP contribution in [0.25, 0.3) is 6.08 Å². The summed E-state index contributed by atoms with van der Waals surface area (Å²) in [5.74, 6) is 0.692. The number of carbonyl (C=O) groups excluding carboxylic acids is 1. The quantitative estimate of drug-likeness (QED) is 0.639. The molecular formula is C21H26ClN3O4S. The zero-order chi connectivity index (χ0) is 21.7. The third-order valence-corrected chi connectivity index (χ3v) is 5.63. The summed E-state index contributed by atoms with van der Waals surface area (Å²) in [7, 11) is 3.06. The van der Waals surface area contributed by atoms with Gasteiger partial charge in [-0.2, -0.15) is 0 Å². The lowest BCUT2D eigenvalue weighted by atomic mass is 10.2. The van der Waals surface area contributed by atoms with E-state index in [-0.39, 0.29) is 18.1 Å². The molecule has 0 radical (unpaired) electrons. The first-order valence-corrected chi connectivity index (χ1v) is 10.9. The van der Waals surface area contributed by atoms with Gasteiger partial charge in [-0.15, -0.1) is 11.3 Å². The second kappa shape index (κ2) is 10.3. The van der Waals surface area contributed by atoms with Gasteiger partial charge in [-0.3, -0.25) is 15.0 Å². The van der Waals surface area contributed by atoms with Crippen LogP contribution < -0.4 is 14.8 Å². The molecule has 0 spiro atoms. The summed E-state index contributed by atoms with van der Waals surface area (Å²) in [6.45, 7) is 6.64. The summed E-state index contributed by atoms with van der Waals surface area (Å²) >= 11 is 7.61. The molecule has 9 heteroatoms. The smallest absolute Gasteiger partial charge is 0.250 e. The third kappa shape index (κ3) is 5.95. The number of nitrogens with zero attached hydrogens (tertiary/aromatic N) is 2. The van der Waals surface area contributed by atoms with Crippen LogP contribution in [0, 0.1) is 0 Å². The molecule has 1 amide bonds. The van der Waals surface area contributed by atoms with Crippen molar-refractivity contribution in [2.75, 3.05) is 32.6 Å². The number of morpholine rings is 1. The van der Waals surface area contributed by atoms with E-state index in [4.69, 9.17) is 25.8 Å². The summed E-state index contributed by atoms with van der Waals surface area (Å²) in [4.78, 5) is 19.1. The molecule has 3 rings (SSSR count). The Hall–Kier alpha value is -2.13. The summed E-state index contributed by atoms with van der Waals surface area (Å²) in [6.07, 6.45) is 3.52. The number of carbonyl (C=O) groups is 1. The molecule has 1 N–H and O–H groups in total. The van der Waals surface area contributed by atoms with Gasteiger partial charge >= 0.3 is 0 Å². The van der Waals surface area contributed by atoms with Crippen molar-refractivity contribution in [3.8, 4) is 11.5 Å². The molecule has 0 aliphatic carbocycles. The minimum Gasteiger partial charge on any atom is -0.493 e. The molecule has 1 saturated heterocycles. The molecule has 0 saturated carbocycles. The highest BCUT2D eigenvalue weighted by Crippen LogP contribution is 2.36. The van der Waals surface area contributed by atoms with E-state index in [1.165, 1.54) is 31.6 Å². The Kier molecular flexibility index (Phi) is 7.71. The molecule has 1 aromatic carbocycles. The number of thiazole rings is 1. The predicted molar refractivity (Wildman–Crippen MR) is 120 cm³/mol. The number of methoxy groups -OCH3 is 2. The molecule has 2 aromatic rings. The van der Waals surface area contributed by atoms with Crippen molar-refractivity contribution in [3.05, 3.63) is 39.9 Å². The van der Waals surface area contributed by atoms with Crippen LogP contribution in [0.3, 0.4) is 0 Å². The van der Waals surface area contributed by atoms with Gasteiger partial charge in [-0.25, -0.2) is 4.98 Å². The molecule has 7 nitrogen and oxygen atoms in total. The van der Waals surface area contributed by atoms with Crippen LogP contribution in [-0.2, 0) is 16.1 Å². The van der Waals surface area contributed by atoms with Crippen molar-refractivity contribution in [1.29, 1.82) is 0 Å². The number of nitrogens with one attached hydrogen (secondary N) is 1. The van der Waals surface area contributed by atoms with E-state index < -0.39 is 0 Å². The number of rotatable bonds is 7. The predicted octanol–water partition coefficient (Wildman–Crippen LogP) is 4.07. The summed E-state index contributed by atoms with van der Waals surface area (Å²) < 4.78 is 16.3. The molecule has 1 fully saturated rings. The number of anilines is 1. The number of benzene rings is 1. The van der Waals surface area contributed by atoms with Crippen molar-refractivity contribution in [2.45, 2.75) is 32.6 Å². The van der Waals surface area contributed by atoms with Gasteiger partial charge in [0.25, 0.3) is 0 Å². The molecule has 1 aliphatic heterocycles. The van der Waals surface area contributed by atoms with Crippen molar-refractivity contribution in [3.63, 3.8) is 0 Å². The molecule has 162 valence electrons. The maximum atomic E-state index is 12.3. The van der Waals surface area contributed by atoms with Gasteiger partial charge < -0.3 is 14.2 Å². The first-order valence-electron chi connectivity index (χ1n) is 9.60. The monoisotopic (exact) mass is 451 g/mol. The summed E-state index contributed by atoms with van der Waals surface area (Å²) in [5.41, 5.74) is 1.66. The van der Waals surface area contributed by atoms with Crippen molar-refractivity contribution in [1.82, 2.24) is 9.88 Å². The fourth-order valence-corrected chi connectivity index (χ4v) is 4.43. The van der Waals surface area contributed by atoms with Crippen LogP contribution in [0.4, 0.5) is 5.13 Å². The van der Waals surface area contributed by atoms with Gasteiger partial charge in [-0.1, -0.05) is 11.6 Å². The normalized spacial score (nSPS) is 19.8. The standard InChI is InChI=1S/C21H26ClN3O4S/c1-13-9-25(10-14(2)29-13)11-16-12-30-21(23-16)24-19(26)6-5-15-7-17(22)20(28-4)18(8-15)27-3/h5-8,12-14H,9-11H2,1-4H3,(H,23,24,26)/b6-5+. The highest BCUT2D eigenvalue weighted by Gasteiger charge is 2.22. The van der Waals surface area contributed by atoms with Gasteiger partial charge in [-0.05, 0) is 37.6 Å². The number of aromatic nitrogens is 1. The van der Waals surface area contributed by atoms with Gasteiger partial charge in [0.05, 0.1) is 37.1 Å². The average Bonchev–Trinajstić information content (AvgIpc) is 3.11. The van der Waals surface area contributed by atoms with Crippen LogP contribution in [0.2, 0.25) is 5.02 Å². The van der Waals surface area contributed by atoms with Gasteiger partial charge in [0, 0.05) is 31.1 Å². The average molecular weight is 452 g/mol. The van der Waals surface area contributed by atoms with Crippen LogP contribution in [0.1, 0.15) is 25.1 Å². The van der Waals surface area contributed by atoms with Crippen LogP contribution in [0.5, 0.6) is 11.5 Å². The second-order valence-corrected chi connectivity index (χ2v) is 8.42. The van der Waals surface area contributed by atoms with Gasteiger partial charge in [0.15, 0.2) is 16.6 Å². The molecule has 30 heavy (non-hydrogen) atoms. The van der Waals surface area contributed by atoms with Crippen LogP contribution >= 0.6 is 22.9 Å². The largest absolute Gasteiger partial charge is 0.493 e. The van der Waals surface area contributed by atoms with Crippen molar-refractivity contribution >= 4 is 40.1 Å². The Morgan fingerprint density at radius 3 is 2.73 bits per heavy atom. The molecule has 2 heterocycles. The van der Waals surface area contributed by atoms with E-state index in [0.717, 1.165) is 30.9 Å². The Morgan fingerprint density at radius 1 is 1.33 bits per heavy atom. The second-order valence-electron chi connectivity index (χ2n) is 7.16. The Balaban J connectivity index is 1.58. The summed E-state index contributed by atoms with van der Waals surface area (Å²) in [5, 5.41) is 5.75. The van der Waals surface area contributed by atoms with Gasteiger partial charge in [0.1, 0.15) is 0 Å². The van der Waals surface area contributed by atoms with Crippen molar-refractivity contribution < 1.29 is 19.0 Å². The van der Waals surface area contributed by atoms with E-state index >= 15 is 0 Å². The number of hydrogen-bond acceptors (Lipinski definition) is 7. The Labute approximate surface area is 185 Å². The highest BCUT2D eigenvalue weighted by atomic mass is 35.5. The molecule has 1 aliphatic rings. The maximum absolute atomic E-state index is 12.3. The topological polar surface area (TPSA) is 72.9 Å². The first-order chi connectivity index (χ1) is 14.4. The van der Waals surface area contributed by atoms with Gasteiger partial charge in [0.2, 0.25) is 5.91 Å². The SMILES string of the molecule is COc1cc(/C=C/C(=O)Nc2nc(CN3CC(C)OC(C)C3)cs2)cc(Cl)c1OC. The number of halogens is 1. The van der Waals surface area contributed by atoms with Crippen LogP contribution in [-0.4, -0.2) is 55.3 Å². The molecule has 1 aromatic heterocycles. The van der Waals surface area contributed by atoms with E-state index in [0.29, 0.717) is 21.7 Å². The lowest BCUT2D eigenvalue weighted by Gasteiger charge is -2.34.